The Balaban J connectivity index is 1.41. The summed E-state index contributed by atoms with van der Waals surface area (Å²) in [5.74, 6) is 0.683. The Morgan fingerprint density at radius 1 is 1.06 bits per heavy atom. The normalized spacial score (nSPS) is 18.0. The van der Waals surface area contributed by atoms with E-state index >= 15 is 0 Å². The molecule has 0 unspecified atom stereocenters. The summed E-state index contributed by atoms with van der Waals surface area (Å²) >= 11 is 0. The molecule has 0 fully saturated rings. The number of carbonyl (C=O) groups is 2. The first-order chi connectivity index (χ1) is 15.5. The lowest BCUT2D eigenvalue weighted by Gasteiger charge is -2.25. The number of nitrogens with one attached hydrogen (secondary N) is 2. The van der Waals surface area contributed by atoms with Crippen LogP contribution in [0.15, 0.2) is 65.9 Å². The zero-order valence-corrected chi connectivity index (χ0v) is 18.5. The van der Waals surface area contributed by atoms with Gasteiger partial charge in [-0.2, -0.15) is 0 Å². The zero-order chi connectivity index (χ0) is 22.5. The van der Waals surface area contributed by atoms with Crippen LogP contribution in [-0.4, -0.2) is 42.6 Å². The van der Waals surface area contributed by atoms with Crippen LogP contribution in [0.3, 0.4) is 0 Å². The van der Waals surface area contributed by atoms with E-state index < -0.39 is 6.04 Å². The number of nitrogens with zero attached hydrogens (tertiary/aromatic N) is 1. The lowest BCUT2D eigenvalue weighted by Crippen LogP contribution is -2.44. The van der Waals surface area contributed by atoms with Crippen molar-refractivity contribution in [2.24, 2.45) is 0 Å². The summed E-state index contributed by atoms with van der Waals surface area (Å²) < 4.78 is 11.4. The number of ether oxygens (including phenoxy) is 2. The molecule has 0 saturated carbocycles. The summed E-state index contributed by atoms with van der Waals surface area (Å²) in [6.07, 6.45) is 0.923. The van der Waals surface area contributed by atoms with E-state index in [1.165, 1.54) is 0 Å². The number of urea groups is 1. The first-order valence-electron chi connectivity index (χ1n) is 11.0. The average molecular weight is 436 g/mol. The van der Waals surface area contributed by atoms with Gasteiger partial charge >= 0.3 is 6.03 Å². The summed E-state index contributed by atoms with van der Waals surface area (Å²) in [7, 11) is 0. The number of hydrogen-bond donors (Lipinski definition) is 2. The molecule has 2 aromatic carbocycles. The monoisotopic (exact) mass is 435 g/mol. The second kappa shape index (κ2) is 9.87. The van der Waals surface area contributed by atoms with Gasteiger partial charge < -0.3 is 25.0 Å². The van der Waals surface area contributed by atoms with Crippen molar-refractivity contribution in [1.29, 1.82) is 0 Å². The summed E-state index contributed by atoms with van der Waals surface area (Å²) in [5, 5.41) is 5.70. The second-order valence-electron chi connectivity index (χ2n) is 8.27. The fourth-order valence-electron chi connectivity index (χ4n) is 3.93. The predicted octanol–water partition coefficient (Wildman–Crippen LogP) is 3.53. The maximum Gasteiger partial charge on any atom is 0.319 e. The van der Waals surface area contributed by atoms with Gasteiger partial charge in [0.2, 0.25) is 0 Å². The Morgan fingerprint density at radius 3 is 2.53 bits per heavy atom. The van der Waals surface area contributed by atoms with E-state index in [1.54, 1.807) is 4.90 Å². The fourth-order valence-corrected chi connectivity index (χ4v) is 3.93. The van der Waals surface area contributed by atoms with Crippen molar-refractivity contribution in [3.8, 4) is 5.75 Å². The van der Waals surface area contributed by atoms with Crippen LogP contribution in [0, 0.1) is 0 Å². The first kappa shape index (κ1) is 21.9. The number of carbonyl (C=O) groups excluding carboxylic acids is 2. The summed E-state index contributed by atoms with van der Waals surface area (Å²) in [4.78, 5) is 27.1. The van der Waals surface area contributed by atoms with Gasteiger partial charge in [-0.3, -0.25) is 4.79 Å². The molecular formula is C25H29N3O4. The van der Waals surface area contributed by atoms with Gasteiger partial charge in [-0.25, -0.2) is 4.79 Å². The van der Waals surface area contributed by atoms with Gasteiger partial charge in [0, 0.05) is 13.2 Å². The minimum Gasteiger partial charge on any atom is -0.489 e. The highest BCUT2D eigenvalue weighted by Gasteiger charge is 2.40. The SMILES string of the molecule is CC(C)OCCCN1CC2=C(C1=O)[C@H](c1ccc(OCc3ccccc3)cc1)NC(=O)N2. The van der Waals surface area contributed by atoms with E-state index in [9.17, 15) is 9.59 Å². The third kappa shape index (κ3) is 5.11. The molecule has 0 aliphatic carbocycles. The second-order valence-corrected chi connectivity index (χ2v) is 8.27. The van der Waals surface area contributed by atoms with Gasteiger partial charge in [0.25, 0.3) is 5.91 Å². The van der Waals surface area contributed by atoms with Crippen LogP contribution in [0.4, 0.5) is 4.79 Å². The maximum absolute atomic E-state index is 13.1. The van der Waals surface area contributed by atoms with Crippen molar-refractivity contribution in [3.63, 3.8) is 0 Å². The molecule has 1 atom stereocenters. The lowest BCUT2D eigenvalue weighted by atomic mass is 9.96. The third-order valence-corrected chi connectivity index (χ3v) is 5.51. The lowest BCUT2D eigenvalue weighted by molar-refractivity contribution is -0.126. The molecule has 0 spiro atoms. The molecule has 7 nitrogen and oxygen atoms in total. The maximum atomic E-state index is 13.1. The van der Waals surface area contributed by atoms with Crippen LogP contribution in [0.2, 0.25) is 0 Å². The Labute approximate surface area is 188 Å². The minimum absolute atomic E-state index is 0.0496. The van der Waals surface area contributed by atoms with E-state index in [0.29, 0.717) is 37.6 Å². The van der Waals surface area contributed by atoms with Gasteiger partial charge in [0.05, 0.1) is 30.0 Å². The summed E-state index contributed by atoms with van der Waals surface area (Å²) in [5.41, 5.74) is 3.22. The van der Waals surface area contributed by atoms with Crippen LogP contribution in [0.5, 0.6) is 5.75 Å². The van der Waals surface area contributed by atoms with Gasteiger partial charge in [0.15, 0.2) is 0 Å². The van der Waals surface area contributed by atoms with Crippen molar-refractivity contribution in [1.82, 2.24) is 15.5 Å². The quantitative estimate of drug-likeness (QED) is 0.591. The molecule has 2 aliphatic heterocycles. The number of rotatable bonds is 9. The zero-order valence-electron chi connectivity index (χ0n) is 18.5. The van der Waals surface area contributed by atoms with Gasteiger partial charge in [-0.05, 0) is 43.5 Å². The molecule has 0 aromatic heterocycles. The van der Waals surface area contributed by atoms with Crippen LogP contribution in [0.1, 0.15) is 37.4 Å². The van der Waals surface area contributed by atoms with Gasteiger partial charge in [-0.15, -0.1) is 0 Å². The first-order valence-corrected chi connectivity index (χ1v) is 11.0. The van der Waals surface area contributed by atoms with Gasteiger partial charge in [-0.1, -0.05) is 42.5 Å². The molecular weight excluding hydrogens is 406 g/mol. The molecule has 2 aromatic rings. The van der Waals surface area contributed by atoms with Crippen LogP contribution >= 0.6 is 0 Å². The highest BCUT2D eigenvalue weighted by Crippen LogP contribution is 2.33. The Hall–Kier alpha value is -3.32. The molecule has 32 heavy (non-hydrogen) atoms. The fraction of sp³-hybridized carbons (Fsp3) is 0.360. The highest BCUT2D eigenvalue weighted by atomic mass is 16.5. The smallest absolute Gasteiger partial charge is 0.319 e. The molecule has 0 radical (unpaired) electrons. The molecule has 0 saturated heterocycles. The number of benzene rings is 2. The Morgan fingerprint density at radius 2 is 1.81 bits per heavy atom. The van der Waals surface area contributed by atoms with E-state index in [4.69, 9.17) is 9.47 Å². The predicted molar refractivity (Wildman–Crippen MR) is 121 cm³/mol. The van der Waals surface area contributed by atoms with E-state index in [1.807, 2.05) is 68.4 Å². The van der Waals surface area contributed by atoms with Crippen molar-refractivity contribution in [2.45, 2.75) is 39.0 Å². The molecule has 2 heterocycles. The number of amides is 3. The largest absolute Gasteiger partial charge is 0.489 e. The van der Waals surface area contributed by atoms with Crippen LogP contribution in [0.25, 0.3) is 0 Å². The third-order valence-electron chi connectivity index (χ3n) is 5.51. The van der Waals surface area contributed by atoms with Crippen molar-refractivity contribution in [3.05, 3.63) is 77.0 Å². The molecule has 3 amide bonds. The Kier molecular flexibility index (Phi) is 6.75. The van der Waals surface area contributed by atoms with E-state index in [-0.39, 0.29) is 18.0 Å². The van der Waals surface area contributed by atoms with E-state index in [0.717, 1.165) is 23.3 Å². The van der Waals surface area contributed by atoms with Crippen LogP contribution in [-0.2, 0) is 16.1 Å². The molecule has 4 rings (SSSR count). The average Bonchev–Trinajstić information content (AvgIpc) is 3.10. The summed E-state index contributed by atoms with van der Waals surface area (Å²) in [6, 6.07) is 16.7. The van der Waals surface area contributed by atoms with E-state index in [2.05, 4.69) is 10.6 Å². The molecule has 7 heteroatoms. The van der Waals surface area contributed by atoms with Gasteiger partial charge in [0.1, 0.15) is 12.4 Å². The summed E-state index contributed by atoms with van der Waals surface area (Å²) in [6.45, 7) is 6.07. The molecule has 2 N–H and O–H groups in total. The van der Waals surface area contributed by atoms with Crippen molar-refractivity contribution >= 4 is 11.9 Å². The molecule has 0 bridgehead atoms. The number of hydrogen-bond acceptors (Lipinski definition) is 4. The topological polar surface area (TPSA) is 79.9 Å². The molecule has 2 aliphatic rings. The highest BCUT2D eigenvalue weighted by molar-refractivity contribution is 6.01. The van der Waals surface area contributed by atoms with Crippen molar-refractivity contribution in [2.75, 3.05) is 19.7 Å². The Bertz CT molecular complexity index is 986. The van der Waals surface area contributed by atoms with Crippen LogP contribution < -0.4 is 15.4 Å². The standard InChI is InChI=1S/C25H29N3O4/c1-17(2)31-14-6-13-28-15-21-22(24(28)29)23(27-25(30)26-21)19-9-11-20(12-10-19)32-16-18-7-4-3-5-8-18/h3-5,7-12,17,23H,6,13-16H2,1-2H3,(H2,26,27,30)/t23-/m0/s1. The molecule has 168 valence electrons. The van der Waals surface area contributed by atoms with Crippen molar-refractivity contribution < 1.29 is 19.1 Å². The minimum atomic E-state index is -0.480.